The summed E-state index contributed by atoms with van der Waals surface area (Å²) in [6.45, 7) is 8.86. The van der Waals surface area contributed by atoms with Crippen molar-refractivity contribution in [1.29, 1.82) is 0 Å². The van der Waals surface area contributed by atoms with Crippen LogP contribution in [0.25, 0.3) is 0 Å². The Hall–Kier alpha value is -10.7. The van der Waals surface area contributed by atoms with Crippen molar-refractivity contribution >= 4 is 94.7 Å². The van der Waals surface area contributed by atoms with Gasteiger partial charge in [-0.15, -0.1) is 0 Å². The summed E-state index contributed by atoms with van der Waals surface area (Å²) in [6, 6.07) is -5.77. The van der Waals surface area contributed by atoms with Crippen molar-refractivity contribution in [3.63, 3.8) is 0 Å². The molecule has 0 spiro atoms. The summed E-state index contributed by atoms with van der Waals surface area (Å²) in [7, 11) is 0. The van der Waals surface area contributed by atoms with Crippen molar-refractivity contribution in [3.05, 3.63) is 65.7 Å². The number of phenolic OH excluding ortho intramolecular Hbond substituents is 1. The molecule has 690 valence electrons. The number of hydrogen-bond acceptors (Lipinski definition) is 26. The summed E-state index contributed by atoms with van der Waals surface area (Å²) >= 11 is 0. The van der Waals surface area contributed by atoms with Crippen LogP contribution in [-0.2, 0) is 89.6 Å². The fourth-order valence-electron chi connectivity index (χ4n) is 14.7. The average molecular weight is 1750 g/mol. The molecule has 2 aromatic rings. The Morgan fingerprint density at radius 1 is 0.548 bits per heavy atom. The summed E-state index contributed by atoms with van der Waals surface area (Å²) < 4.78 is 11.5. The Balaban J connectivity index is 1.36. The maximum Gasteiger partial charge on any atom is 0.410 e. The number of aliphatic imine (C=N–C) groups is 1. The third-order valence-electron chi connectivity index (χ3n) is 22.0. The number of aliphatic hydroxyl groups excluding tert-OH is 7. The second kappa shape index (κ2) is 50.3. The van der Waals surface area contributed by atoms with Gasteiger partial charge in [-0.2, -0.15) is 0 Å². The number of unbranched alkanes of at least 4 members (excludes halogenated alkanes) is 10. The number of amidine groups is 1. The van der Waals surface area contributed by atoms with Gasteiger partial charge < -0.3 is 130 Å². The number of aliphatic hydroxyl groups is 7. The van der Waals surface area contributed by atoms with Crippen LogP contribution in [0, 0.1) is 11.8 Å². The number of carbonyl (C=O) groups excluding carboxylic acids is 15. The number of esters is 1. The van der Waals surface area contributed by atoms with Crippen molar-refractivity contribution in [2.24, 2.45) is 28.3 Å². The number of ether oxygens (including phenoxy) is 2. The molecule has 0 saturated carbocycles. The predicted octanol–water partition coefficient (Wildman–Crippen LogP) is -3.80. The van der Waals surface area contributed by atoms with Crippen LogP contribution in [0.2, 0.25) is 0 Å². The second-order valence-corrected chi connectivity index (χ2v) is 32.8. The molecular formula is C83H128N16O25. The Kier molecular flexibility index (Phi) is 41.4. The molecule has 19 atom stereocenters. The molecule has 22 N–H and O–H groups in total. The van der Waals surface area contributed by atoms with Crippen LogP contribution in [0.1, 0.15) is 182 Å². The molecular weight excluding hydrogens is 1620 g/mol. The smallest absolute Gasteiger partial charge is 0.410 e. The maximum atomic E-state index is 14.9. The van der Waals surface area contributed by atoms with Crippen molar-refractivity contribution in [2.45, 2.75) is 299 Å². The minimum absolute atomic E-state index is 0.0158. The fraction of sp³-hybridized carbons (Fsp3) is 0.663. The monoisotopic (exact) mass is 1750 g/mol. The van der Waals surface area contributed by atoms with Gasteiger partial charge in [0, 0.05) is 45.6 Å². The summed E-state index contributed by atoms with van der Waals surface area (Å²) in [5.41, 5.74) is 12.9. The van der Waals surface area contributed by atoms with Crippen LogP contribution >= 0.6 is 0 Å². The van der Waals surface area contributed by atoms with Crippen molar-refractivity contribution in [1.82, 2.24) is 67.9 Å². The number of benzene rings is 2. The molecule has 0 aromatic heterocycles. The lowest BCUT2D eigenvalue weighted by Gasteiger charge is -2.37. The van der Waals surface area contributed by atoms with E-state index < -0.39 is 249 Å². The summed E-state index contributed by atoms with van der Waals surface area (Å²) in [5, 5.41) is 112. The van der Waals surface area contributed by atoms with E-state index in [2.05, 4.69) is 65.1 Å². The normalized spacial score (nSPS) is 26.8. The fourth-order valence-corrected chi connectivity index (χ4v) is 14.7. The molecule has 6 rings (SSSR count). The number of cyclic esters (lactones) is 1. The zero-order valence-corrected chi connectivity index (χ0v) is 71.7. The molecule has 41 heteroatoms. The van der Waals surface area contributed by atoms with Gasteiger partial charge in [-0.05, 0) is 95.9 Å². The van der Waals surface area contributed by atoms with Gasteiger partial charge >= 0.3 is 12.1 Å². The zero-order chi connectivity index (χ0) is 91.8. The molecule has 4 fully saturated rings. The molecule has 0 radical (unpaired) electrons. The number of nitrogens with one attached hydrogen (secondary N) is 10. The van der Waals surface area contributed by atoms with E-state index in [0.717, 1.165) is 95.9 Å². The van der Waals surface area contributed by atoms with Gasteiger partial charge in [0.1, 0.15) is 90.8 Å². The lowest BCUT2D eigenvalue weighted by Crippen LogP contribution is -2.64. The van der Waals surface area contributed by atoms with Gasteiger partial charge in [0.15, 0.2) is 0 Å². The minimum Gasteiger partial charge on any atom is -0.508 e. The summed E-state index contributed by atoms with van der Waals surface area (Å²) in [4.78, 5) is 220. The summed E-state index contributed by atoms with van der Waals surface area (Å²) in [5.74, 6) is -17.7. The number of hydrogen-bond donors (Lipinski definition) is 20. The van der Waals surface area contributed by atoms with Crippen LogP contribution in [0.4, 0.5) is 4.79 Å². The van der Waals surface area contributed by atoms with E-state index in [-0.39, 0.29) is 75.8 Å². The third kappa shape index (κ3) is 31.8. The van der Waals surface area contributed by atoms with Gasteiger partial charge in [0.2, 0.25) is 76.8 Å². The van der Waals surface area contributed by atoms with Crippen LogP contribution in [0.5, 0.6) is 5.75 Å². The number of rotatable bonds is 29. The molecule has 124 heavy (non-hydrogen) atoms. The third-order valence-corrected chi connectivity index (χ3v) is 22.0. The van der Waals surface area contributed by atoms with E-state index in [4.69, 9.17) is 20.9 Å². The van der Waals surface area contributed by atoms with Gasteiger partial charge in [0.05, 0.1) is 68.0 Å². The van der Waals surface area contributed by atoms with Crippen LogP contribution in [0.3, 0.4) is 0 Å². The SMILES string of the molecule is CCCCCCCCCCCCC[C@@H]1CC(=O)N[C@H]([C@@H](C)O)C(=O)N[C@H](C)C(=O)N[C@@H](Cc2ccc(O)cc2)C(=O)N[C@@H](C(C)C)C(=O)N2C[C@H](O)C[C@H]2C(=O)N[C@H]([C@@H](C)O)C(=O)N[C@@H]([C@@H](C)O)C(=O)N2CC[C@H](O)[C@H]2C(=O)N[C@@H]([C@H](O)CC(N)=O)C(=O)NCC(=O)N[C@H]([C@@H](C)O)C(=O)N[C@@H](CCCN=C(N)C2CN(C(=O)OCc3ccccc3)C2)C(=O)O1. The van der Waals surface area contributed by atoms with E-state index >= 15 is 0 Å². The molecule has 0 unspecified atom stereocenters. The van der Waals surface area contributed by atoms with Crippen LogP contribution in [0.15, 0.2) is 59.6 Å². The molecule has 4 heterocycles. The molecule has 2 aromatic carbocycles. The van der Waals surface area contributed by atoms with E-state index in [0.29, 0.717) is 23.3 Å². The number of nitrogens with zero attached hydrogens (tertiary/aromatic N) is 4. The van der Waals surface area contributed by atoms with Gasteiger partial charge in [-0.1, -0.05) is 127 Å². The standard InChI is InChI=1S/C83H128N16O25/c1-9-10-11-12-13-14-15-16-17-18-22-26-55-37-62(109)91-65(46(5)100)76(115)88-45(4)72(111)90-57(35-50-28-30-53(104)31-29-50)73(112)93-64(44(2)3)80(119)99-42-54(105)36-58(99)74(113)94-67(48(7)102)78(117)95-68(49(8)103)81(120)98-34-32-59(106)70(98)79(118)96-69(60(107)38-61(84)108)75(114)87-39-63(110)92-66(47(6)101)77(116)89-56(82(121)124-55)27-23-33-86-71(85)52-40-97(41-52)83(122)123-43-51-24-20-19-21-25-51/h19-21,24-25,28-31,44-49,52,54-60,64-70,100-107H,9-18,22-23,26-27,32-43H2,1-8H3,(H2,84,108)(H2,85,86)(H,87,114)(H,88,115)(H,89,116)(H,90,111)(H,91,109)(H,92,110)(H,93,112)(H,94,113)(H,95,117)(H,96,118)/t45-,46-,47-,48-,49-,54-,55-,56+,57+,58+,59+,60-,64+,65-,66-,67-,68+,69+,70+/m1/s1. The number of phenols is 1. The first-order valence-electron chi connectivity index (χ1n) is 42.6. The largest absolute Gasteiger partial charge is 0.508 e. The lowest BCUT2D eigenvalue weighted by molar-refractivity contribution is -0.155. The first-order valence-corrected chi connectivity index (χ1v) is 42.6. The zero-order valence-electron chi connectivity index (χ0n) is 71.7. The number of likely N-dealkylation sites (tertiary alicyclic amines) is 1. The first kappa shape index (κ1) is 102. The lowest BCUT2D eigenvalue weighted by atomic mass is 9.99. The molecule has 4 aliphatic heterocycles. The Morgan fingerprint density at radius 3 is 1.67 bits per heavy atom. The molecule has 14 amide bonds. The molecule has 4 aliphatic rings. The molecule has 4 saturated heterocycles. The van der Waals surface area contributed by atoms with Crippen molar-refractivity contribution in [3.8, 4) is 5.75 Å². The summed E-state index contributed by atoms with van der Waals surface area (Å²) in [6.07, 6.45) is -7.57. The Morgan fingerprint density at radius 2 is 1.08 bits per heavy atom. The number of amides is 14. The highest BCUT2D eigenvalue weighted by atomic mass is 16.6. The quantitative estimate of drug-likeness (QED) is 0.0161. The number of fused-ring (bicyclic) bond motifs is 2. The molecule has 0 aliphatic carbocycles. The highest BCUT2D eigenvalue weighted by molar-refractivity contribution is 6.01. The highest BCUT2D eigenvalue weighted by Gasteiger charge is 2.49. The van der Waals surface area contributed by atoms with Crippen molar-refractivity contribution in [2.75, 3.05) is 39.3 Å². The van der Waals surface area contributed by atoms with E-state index in [1.807, 2.05) is 6.07 Å². The van der Waals surface area contributed by atoms with Crippen molar-refractivity contribution < 1.29 is 122 Å². The number of carbonyl (C=O) groups is 15. The topological polar surface area (TPSA) is 631 Å². The Bertz CT molecular complexity index is 3960. The van der Waals surface area contributed by atoms with Gasteiger partial charge in [0.25, 0.3) is 0 Å². The molecule has 41 nitrogen and oxygen atoms in total. The first-order chi connectivity index (χ1) is 58.7. The number of nitrogens with two attached hydrogens (primary N) is 2. The average Bonchev–Trinajstić information content (AvgIpc) is 1.65. The second-order valence-electron chi connectivity index (χ2n) is 32.8. The minimum atomic E-state index is -2.26. The molecule has 0 bridgehead atoms. The van der Waals surface area contributed by atoms with Crippen LogP contribution in [-0.4, -0.2) is 305 Å². The number of primary amides is 1. The van der Waals surface area contributed by atoms with Crippen LogP contribution < -0.4 is 64.6 Å². The van der Waals surface area contributed by atoms with Gasteiger partial charge in [-0.3, -0.25) is 67.3 Å². The highest BCUT2D eigenvalue weighted by Crippen LogP contribution is 2.26. The van der Waals surface area contributed by atoms with E-state index in [1.165, 1.54) is 49.9 Å². The van der Waals surface area contributed by atoms with E-state index in [9.17, 15) is 113 Å². The number of aromatic hydroxyl groups is 1. The van der Waals surface area contributed by atoms with E-state index in [1.54, 1.807) is 24.3 Å². The van der Waals surface area contributed by atoms with Gasteiger partial charge in [-0.25, -0.2) is 9.59 Å². The predicted molar refractivity (Wildman–Crippen MR) is 444 cm³/mol. The maximum absolute atomic E-state index is 14.9. The Labute approximate surface area is 720 Å².